The summed E-state index contributed by atoms with van der Waals surface area (Å²) in [7, 11) is 0. The molecule has 1 aromatic heterocycles. The highest BCUT2D eigenvalue weighted by Crippen LogP contribution is 2.25. The van der Waals surface area contributed by atoms with Gasteiger partial charge in [0.2, 0.25) is 0 Å². The zero-order valence-corrected chi connectivity index (χ0v) is 10.9. The quantitative estimate of drug-likeness (QED) is 0.638. The summed E-state index contributed by atoms with van der Waals surface area (Å²) < 4.78 is 0. The molecule has 1 aliphatic rings. The van der Waals surface area contributed by atoms with Crippen molar-refractivity contribution in [3.8, 4) is 0 Å². The minimum Gasteiger partial charge on any atom is -0.481 e. The maximum Gasteiger partial charge on any atom is 0.321 e. The van der Waals surface area contributed by atoms with Crippen LogP contribution in [0, 0.1) is 16.0 Å². The third-order valence-corrected chi connectivity index (χ3v) is 3.58. The SMILES string of the molecule is CC1CC(C(=O)O)CCN1C(=O)c1ccc([N+](=O)[O-])[nH]1. The van der Waals surface area contributed by atoms with Gasteiger partial charge in [-0.1, -0.05) is 0 Å². The van der Waals surface area contributed by atoms with Gasteiger partial charge in [-0.2, -0.15) is 0 Å². The molecule has 0 aliphatic carbocycles. The predicted octanol–water partition coefficient (Wildman–Crippen LogP) is 1.25. The van der Waals surface area contributed by atoms with Crippen LogP contribution >= 0.6 is 0 Å². The molecule has 0 radical (unpaired) electrons. The van der Waals surface area contributed by atoms with Crippen LogP contribution in [-0.2, 0) is 4.79 Å². The van der Waals surface area contributed by atoms with E-state index in [1.54, 1.807) is 11.8 Å². The number of carbonyl (C=O) groups excluding carboxylic acids is 1. The lowest BCUT2D eigenvalue weighted by atomic mass is 9.91. The Kier molecular flexibility index (Phi) is 3.73. The molecule has 1 aromatic rings. The molecule has 1 aliphatic heterocycles. The fourth-order valence-corrected chi connectivity index (χ4v) is 2.47. The molecule has 2 unspecified atom stereocenters. The number of hydrogen-bond acceptors (Lipinski definition) is 4. The van der Waals surface area contributed by atoms with E-state index in [0.29, 0.717) is 19.4 Å². The molecule has 8 nitrogen and oxygen atoms in total. The second-order valence-corrected chi connectivity index (χ2v) is 4.92. The summed E-state index contributed by atoms with van der Waals surface area (Å²) in [5.41, 5.74) is 0.150. The van der Waals surface area contributed by atoms with Gasteiger partial charge < -0.3 is 20.1 Å². The first-order valence-corrected chi connectivity index (χ1v) is 6.27. The van der Waals surface area contributed by atoms with Crippen LogP contribution in [0.4, 0.5) is 5.82 Å². The van der Waals surface area contributed by atoms with E-state index in [9.17, 15) is 19.7 Å². The van der Waals surface area contributed by atoms with Gasteiger partial charge in [-0.3, -0.25) is 9.59 Å². The Balaban J connectivity index is 2.09. The number of rotatable bonds is 3. The number of nitro groups is 1. The monoisotopic (exact) mass is 281 g/mol. The van der Waals surface area contributed by atoms with E-state index in [1.807, 2.05) is 0 Å². The van der Waals surface area contributed by atoms with Crippen molar-refractivity contribution in [3.05, 3.63) is 27.9 Å². The van der Waals surface area contributed by atoms with Crippen molar-refractivity contribution < 1.29 is 19.6 Å². The summed E-state index contributed by atoms with van der Waals surface area (Å²) in [4.78, 5) is 37.2. The Bertz CT molecular complexity index is 553. The number of carbonyl (C=O) groups is 2. The number of aromatic nitrogens is 1. The van der Waals surface area contributed by atoms with Crippen LogP contribution in [-0.4, -0.2) is 44.4 Å². The van der Waals surface area contributed by atoms with E-state index in [4.69, 9.17) is 5.11 Å². The molecule has 2 atom stereocenters. The molecule has 108 valence electrons. The summed E-state index contributed by atoms with van der Waals surface area (Å²) in [6, 6.07) is 2.40. The predicted molar refractivity (Wildman–Crippen MR) is 68.3 cm³/mol. The second-order valence-electron chi connectivity index (χ2n) is 4.92. The van der Waals surface area contributed by atoms with Crippen molar-refractivity contribution in [2.45, 2.75) is 25.8 Å². The van der Waals surface area contributed by atoms with Crippen LogP contribution in [0.15, 0.2) is 12.1 Å². The number of H-pyrrole nitrogens is 1. The smallest absolute Gasteiger partial charge is 0.321 e. The summed E-state index contributed by atoms with van der Waals surface area (Å²) in [6.45, 7) is 2.12. The highest BCUT2D eigenvalue weighted by molar-refractivity contribution is 5.93. The number of amides is 1. The first-order chi connectivity index (χ1) is 9.40. The van der Waals surface area contributed by atoms with Crippen molar-refractivity contribution in [2.24, 2.45) is 5.92 Å². The van der Waals surface area contributed by atoms with Gasteiger partial charge in [0.1, 0.15) is 0 Å². The Hall–Kier alpha value is -2.38. The highest BCUT2D eigenvalue weighted by atomic mass is 16.6. The molecule has 0 aromatic carbocycles. The number of carboxylic acid groups (broad SMARTS) is 1. The summed E-state index contributed by atoms with van der Waals surface area (Å²) in [6.07, 6.45) is 0.790. The molecule has 0 saturated carbocycles. The van der Waals surface area contributed by atoms with E-state index in [-0.39, 0.29) is 23.5 Å². The van der Waals surface area contributed by atoms with Crippen molar-refractivity contribution in [1.29, 1.82) is 0 Å². The lowest BCUT2D eigenvalue weighted by molar-refractivity contribution is -0.389. The molecule has 1 amide bonds. The summed E-state index contributed by atoms with van der Waals surface area (Å²) in [5.74, 6) is -1.86. The fourth-order valence-electron chi connectivity index (χ4n) is 2.47. The van der Waals surface area contributed by atoms with Crippen LogP contribution in [0.2, 0.25) is 0 Å². The number of carboxylic acids is 1. The molecule has 2 N–H and O–H groups in total. The standard InChI is InChI=1S/C12H15N3O5/c1-7-6-8(12(17)18)4-5-14(7)11(16)9-2-3-10(13-9)15(19)20/h2-3,7-8,13H,4-6H2,1H3,(H,17,18). The first-order valence-electron chi connectivity index (χ1n) is 6.27. The van der Waals surface area contributed by atoms with Crippen LogP contribution < -0.4 is 0 Å². The van der Waals surface area contributed by atoms with Crippen LogP contribution in [0.1, 0.15) is 30.3 Å². The Labute approximate surface area is 114 Å². The molecule has 0 bridgehead atoms. The largest absolute Gasteiger partial charge is 0.481 e. The zero-order valence-electron chi connectivity index (χ0n) is 10.9. The minimum absolute atomic E-state index is 0.150. The van der Waals surface area contributed by atoms with Crippen LogP contribution in [0.25, 0.3) is 0 Å². The Morgan fingerprint density at radius 1 is 1.50 bits per heavy atom. The van der Waals surface area contributed by atoms with Gasteiger partial charge in [0.25, 0.3) is 5.91 Å². The number of nitrogens with zero attached hydrogens (tertiary/aromatic N) is 2. The van der Waals surface area contributed by atoms with Gasteiger partial charge in [0.15, 0.2) is 5.69 Å². The average Bonchev–Trinajstić information content (AvgIpc) is 2.87. The lowest BCUT2D eigenvalue weighted by Crippen LogP contribution is -2.46. The molecule has 20 heavy (non-hydrogen) atoms. The second kappa shape index (κ2) is 5.32. The molecular weight excluding hydrogens is 266 g/mol. The maximum atomic E-state index is 12.2. The normalized spacial score (nSPS) is 22.6. The molecule has 2 rings (SSSR count). The number of aliphatic carboxylic acids is 1. The van der Waals surface area contributed by atoms with E-state index in [0.717, 1.165) is 0 Å². The fraction of sp³-hybridized carbons (Fsp3) is 0.500. The Morgan fingerprint density at radius 2 is 2.20 bits per heavy atom. The first kappa shape index (κ1) is 14.0. The highest BCUT2D eigenvalue weighted by Gasteiger charge is 2.34. The summed E-state index contributed by atoms with van der Waals surface area (Å²) >= 11 is 0. The zero-order chi connectivity index (χ0) is 14.9. The van der Waals surface area contributed by atoms with E-state index in [2.05, 4.69) is 4.98 Å². The molecule has 1 saturated heterocycles. The topological polar surface area (TPSA) is 117 Å². The van der Waals surface area contributed by atoms with E-state index >= 15 is 0 Å². The van der Waals surface area contributed by atoms with Crippen molar-refractivity contribution in [3.63, 3.8) is 0 Å². The van der Waals surface area contributed by atoms with E-state index in [1.165, 1.54) is 12.1 Å². The molecule has 0 spiro atoms. The third kappa shape index (κ3) is 2.63. The van der Waals surface area contributed by atoms with E-state index < -0.39 is 16.8 Å². The van der Waals surface area contributed by atoms with Crippen LogP contribution in [0.5, 0.6) is 0 Å². The third-order valence-electron chi connectivity index (χ3n) is 3.58. The molecule has 1 fully saturated rings. The molecule has 8 heteroatoms. The van der Waals surface area contributed by atoms with Crippen molar-refractivity contribution >= 4 is 17.7 Å². The Morgan fingerprint density at radius 3 is 2.70 bits per heavy atom. The number of piperidine rings is 1. The molecular formula is C12H15N3O5. The number of likely N-dealkylation sites (tertiary alicyclic amines) is 1. The number of hydrogen-bond donors (Lipinski definition) is 2. The maximum absolute atomic E-state index is 12.2. The average molecular weight is 281 g/mol. The van der Waals surface area contributed by atoms with Gasteiger partial charge in [-0.05, 0) is 30.8 Å². The van der Waals surface area contributed by atoms with Gasteiger partial charge in [0.05, 0.1) is 5.92 Å². The number of aromatic amines is 1. The number of nitrogens with one attached hydrogen (secondary N) is 1. The lowest BCUT2D eigenvalue weighted by Gasteiger charge is -2.35. The van der Waals surface area contributed by atoms with Crippen molar-refractivity contribution in [1.82, 2.24) is 9.88 Å². The van der Waals surface area contributed by atoms with Gasteiger partial charge >= 0.3 is 11.8 Å². The van der Waals surface area contributed by atoms with Gasteiger partial charge in [-0.25, -0.2) is 4.98 Å². The molecule has 2 heterocycles. The van der Waals surface area contributed by atoms with Gasteiger partial charge in [0, 0.05) is 18.7 Å². The van der Waals surface area contributed by atoms with Crippen molar-refractivity contribution in [2.75, 3.05) is 6.54 Å². The summed E-state index contributed by atoms with van der Waals surface area (Å²) in [5, 5.41) is 19.6. The van der Waals surface area contributed by atoms with Crippen LogP contribution in [0.3, 0.4) is 0 Å². The minimum atomic E-state index is -0.848. The van der Waals surface area contributed by atoms with Gasteiger partial charge in [-0.15, -0.1) is 0 Å².